The van der Waals surface area contributed by atoms with E-state index in [2.05, 4.69) is 25.2 Å². The molecule has 0 amide bonds. The second-order valence-corrected chi connectivity index (χ2v) is 6.64. The summed E-state index contributed by atoms with van der Waals surface area (Å²) in [6.45, 7) is 2.39. The van der Waals surface area contributed by atoms with Gasteiger partial charge in [0.25, 0.3) is 0 Å². The van der Waals surface area contributed by atoms with Gasteiger partial charge in [-0.2, -0.15) is 0 Å². The molecule has 0 bridgehead atoms. The van der Waals surface area contributed by atoms with E-state index in [4.69, 9.17) is 0 Å². The third-order valence-electron chi connectivity index (χ3n) is 1.21. The van der Waals surface area contributed by atoms with Crippen molar-refractivity contribution in [1.29, 1.82) is 0 Å². The van der Waals surface area contributed by atoms with E-state index in [9.17, 15) is 0 Å². The lowest BCUT2D eigenvalue weighted by Crippen LogP contribution is -2.16. The Kier molecular flexibility index (Phi) is 5.80. The molecule has 0 heterocycles. The van der Waals surface area contributed by atoms with E-state index in [0.29, 0.717) is 9.52 Å². The second kappa shape index (κ2) is 5.53. The number of hydrogen-bond acceptors (Lipinski definition) is 1. The first kappa shape index (κ1) is 8.39. The molecule has 0 N–H and O–H groups in total. The van der Waals surface area contributed by atoms with E-state index in [1.807, 2.05) is 0 Å². The van der Waals surface area contributed by atoms with Gasteiger partial charge in [-0.1, -0.05) is 18.6 Å². The van der Waals surface area contributed by atoms with Gasteiger partial charge in [0, 0.05) is 9.52 Å². The maximum absolute atomic E-state index is 2.39. The molecule has 0 aromatic rings. The van der Waals surface area contributed by atoms with Crippen LogP contribution < -0.4 is 0 Å². The highest BCUT2D eigenvalue weighted by molar-refractivity contribution is 6.39. The Bertz CT molecular complexity index is 47.7. The van der Waals surface area contributed by atoms with Crippen LogP contribution in [-0.2, 0) is 0 Å². The highest BCUT2D eigenvalue weighted by Crippen LogP contribution is 1.87. The first-order valence-corrected chi connectivity index (χ1v) is 7.46. The summed E-state index contributed by atoms with van der Waals surface area (Å²) in [5.41, 5.74) is 0. The normalized spacial score (nSPS) is 13.5. The topological polar surface area (TPSA) is 3.24 Å². The maximum atomic E-state index is 2.39. The molecular formula is C5H17NSi2. The van der Waals surface area contributed by atoms with Gasteiger partial charge < -0.3 is 4.57 Å². The summed E-state index contributed by atoms with van der Waals surface area (Å²) in [6, 6.07) is 3.13. The zero-order chi connectivity index (χ0) is 6.41. The van der Waals surface area contributed by atoms with Crippen molar-refractivity contribution in [3.05, 3.63) is 0 Å². The standard InChI is InChI=1S/C5H17NSi2/c1-6(2)8-5-4-7-3/h4-5,7-8H2,1-3H3. The predicted molar refractivity (Wildman–Crippen MR) is 46.3 cm³/mol. The molecule has 0 atom stereocenters. The Morgan fingerprint density at radius 3 is 2.25 bits per heavy atom. The van der Waals surface area contributed by atoms with E-state index in [1.54, 1.807) is 12.1 Å². The first-order chi connectivity index (χ1) is 3.77. The molecular weight excluding hydrogens is 130 g/mol. The van der Waals surface area contributed by atoms with E-state index in [1.165, 1.54) is 0 Å². The van der Waals surface area contributed by atoms with Crippen molar-refractivity contribution in [2.45, 2.75) is 18.6 Å². The van der Waals surface area contributed by atoms with Gasteiger partial charge >= 0.3 is 0 Å². The van der Waals surface area contributed by atoms with Crippen molar-refractivity contribution in [3.8, 4) is 0 Å². The van der Waals surface area contributed by atoms with Crippen molar-refractivity contribution in [2.75, 3.05) is 14.1 Å². The summed E-state index contributed by atoms with van der Waals surface area (Å²) in [6.07, 6.45) is 0. The van der Waals surface area contributed by atoms with E-state index in [0.717, 1.165) is 0 Å². The van der Waals surface area contributed by atoms with Crippen LogP contribution in [0.25, 0.3) is 0 Å². The van der Waals surface area contributed by atoms with Gasteiger partial charge in [0.1, 0.15) is 0 Å². The highest BCUT2D eigenvalue weighted by atomic mass is 28.2. The fourth-order valence-corrected chi connectivity index (χ4v) is 4.20. The summed E-state index contributed by atoms with van der Waals surface area (Å²) in [7, 11) is 4.98. The molecule has 0 saturated heterocycles. The number of rotatable bonds is 4. The van der Waals surface area contributed by atoms with E-state index < -0.39 is 0 Å². The third-order valence-corrected chi connectivity index (χ3v) is 5.13. The number of nitrogens with zero attached hydrogens (tertiary/aromatic N) is 1. The van der Waals surface area contributed by atoms with Crippen LogP contribution in [0.15, 0.2) is 0 Å². The molecule has 0 aromatic carbocycles. The monoisotopic (exact) mass is 147 g/mol. The Morgan fingerprint density at radius 1 is 1.25 bits per heavy atom. The lowest BCUT2D eigenvalue weighted by atomic mass is 10.9. The average Bonchev–Trinajstić information content (AvgIpc) is 1.66. The Hall–Kier alpha value is 0.394. The third kappa shape index (κ3) is 6.39. The van der Waals surface area contributed by atoms with Crippen LogP contribution in [0.1, 0.15) is 0 Å². The van der Waals surface area contributed by atoms with Crippen molar-refractivity contribution < 1.29 is 0 Å². The van der Waals surface area contributed by atoms with Crippen LogP contribution in [0, 0.1) is 0 Å². The van der Waals surface area contributed by atoms with Crippen LogP contribution in [0.5, 0.6) is 0 Å². The van der Waals surface area contributed by atoms with Crippen LogP contribution in [0.2, 0.25) is 18.6 Å². The molecule has 0 rings (SSSR count). The van der Waals surface area contributed by atoms with Crippen molar-refractivity contribution in [3.63, 3.8) is 0 Å². The van der Waals surface area contributed by atoms with Gasteiger partial charge in [-0.3, -0.25) is 0 Å². The van der Waals surface area contributed by atoms with Gasteiger partial charge in [-0.25, -0.2) is 0 Å². The SMILES string of the molecule is C[SiH2]CC[SiH2]N(C)C. The molecule has 0 aliphatic carbocycles. The van der Waals surface area contributed by atoms with Crippen LogP contribution in [0.3, 0.4) is 0 Å². The van der Waals surface area contributed by atoms with Gasteiger partial charge in [0.2, 0.25) is 0 Å². The van der Waals surface area contributed by atoms with Crippen molar-refractivity contribution in [1.82, 2.24) is 4.57 Å². The summed E-state index contributed by atoms with van der Waals surface area (Å²) in [5, 5.41) is 0. The molecule has 0 radical (unpaired) electrons. The van der Waals surface area contributed by atoms with Crippen LogP contribution >= 0.6 is 0 Å². The fraction of sp³-hybridized carbons (Fsp3) is 1.00. The summed E-state index contributed by atoms with van der Waals surface area (Å²) < 4.78 is 2.39. The molecule has 1 nitrogen and oxygen atoms in total. The Labute approximate surface area is 57.2 Å². The second-order valence-electron chi connectivity index (χ2n) is 2.51. The largest absolute Gasteiger partial charge is 0.334 e. The average molecular weight is 147 g/mol. The molecule has 0 aromatic heterocycles. The molecule has 0 spiro atoms. The quantitative estimate of drug-likeness (QED) is 0.389. The minimum Gasteiger partial charge on any atom is -0.334 e. The van der Waals surface area contributed by atoms with Gasteiger partial charge in [0.15, 0.2) is 0 Å². The molecule has 8 heavy (non-hydrogen) atoms. The predicted octanol–water partition coefficient (Wildman–Crippen LogP) is -0.315. The van der Waals surface area contributed by atoms with Crippen molar-refractivity contribution in [2.24, 2.45) is 0 Å². The van der Waals surface area contributed by atoms with Crippen LogP contribution in [0.4, 0.5) is 0 Å². The smallest absolute Gasteiger partial charge is 0.0940 e. The molecule has 0 aliphatic heterocycles. The minimum atomic E-state index is 0.203. The number of hydrogen-bond donors (Lipinski definition) is 0. The maximum Gasteiger partial charge on any atom is 0.0940 e. The highest BCUT2D eigenvalue weighted by Gasteiger charge is 1.88. The summed E-state index contributed by atoms with van der Waals surface area (Å²) >= 11 is 0. The van der Waals surface area contributed by atoms with E-state index in [-0.39, 0.29) is 9.68 Å². The lowest BCUT2D eigenvalue weighted by Gasteiger charge is -2.05. The Balaban J connectivity index is 2.72. The molecule has 0 fully saturated rings. The zero-order valence-corrected chi connectivity index (χ0v) is 9.10. The molecule has 0 unspecified atom stereocenters. The Morgan fingerprint density at radius 2 is 1.88 bits per heavy atom. The van der Waals surface area contributed by atoms with Crippen LogP contribution in [-0.4, -0.2) is 37.9 Å². The van der Waals surface area contributed by atoms with Gasteiger partial charge in [-0.15, -0.1) is 0 Å². The molecule has 0 saturated carbocycles. The van der Waals surface area contributed by atoms with Crippen molar-refractivity contribution >= 4 is 19.2 Å². The zero-order valence-electron chi connectivity index (χ0n) is 6.28. The molecule has 50 valence electrons. The van der Waals surface area contributed by atoms with E-state index >= 15 is 0 Å². The first-order valence-electron chi connectivity index (χ1n) is 3.42. The minimum absolute atomic E-state index is 0.203. The summed E-state index contributed by atoms with van der Waals surface area (Å²) in [5.74, 6) is 0. The summed E-state index contributed by atoms with van der Waals surface area (Å²) in [4.78, 5) is 0. The lowest BCUT2D eigenvalue weighted by molar-refractivity contribution is 0.659. The van der Waals surface area contributed by atoms with Gasteiger partial charge in [0.05, 0.1) is 9.68 Å². The fourth-order valence-electron chi connectivity index (χ4n) is 0.678. The van der Waals surface area contributed by atoms with Gasteiger partial charge in [-0.05, 0) is 14.1 Å². The molecule has 0 aliphatic rings. The molecule has 3 heteroatoms.